The summed E-state index contributed by atoms with van der Waals surface area (Å²) in [5.41, 5.74) is 0.584. The van der Waals surface area contributed by atoms with E-state index in [2.05, 4.69) is 15.5 Å². The predicted octanol–water partition coefficient (Wildman–Crippen LogP) is 3.66. The van der Waals surface area contributed by atoms with Gasteiger partial charge in [0.1, 0.15) is 5.82 Å². The van der Waals surface area contributed by atoms with Gasteiger partial charge in [-0.15, -0.1) is 10.2 Å². The molecular formula is C14H17ClFN3O. The van der Waals surface area contributed by atoms with Crippen LogP contribution in [0.4, 0.5) is 4.39 Å². The van der Waals surface area contributed by atoms with E-state index in [1.807, 2.05) is 13.8 Å². The number of rotatable bonds is 5. The monoisotopic (exact) mass is 297 g/mol. The average Bonchev–Trinajstić information content (AvgIpc) is 2.77. The molecule has 2 aromatic rings. The van der Waals surface area contributed by atoms with Crippen LogP contribution in [-0.2, 0) is 6.54 Å². The van der Waals surface area contributed by atoms with Crippen molar-refractivity contribution in [3.63, 3.8) is 0 Å². The Bertz CT molecular complexity index is 586. The standard InChI is InChI=1S/C14H17ClFN3O/c1-8(2)14(11-5-4-10(15)6-12(11)16)17-7-13-19-18-9(3)20-13/h4-6,8,14,17H,7H2,1-3H3. The lowest BCUT2D eigenvalue weighted by Gasteiger charge is -2.22. The second-order valence-electron chi connectivity index (χ2n) is 4.98. The molecule has 0 aliphatic carbocycles. The molecule has 1 atom stereocenters. The van der Waals surface area contributed by atoms with Crippen molar-refractivity contribution >= 4 is 11.6 Å². The molecule has 1 aromatic carbocycles. The molecular weight excluding hydrogens is 281 g/mol. The maximum atomic E-state index is 14.0. The molecule has 0 saturated heterocycles. The van der Waals surface area contributed by atoms with E-state index in [1.165, 1.54) is 6.07 Å². The van der Waals surface area contributed by atoms with Gasteiger partial charge in [-0.1, -0.05) is 31.5 Å². The Balaban J connectivity index is 2.14. The van der Waals surface area contributed by atoms with Crippen molar-refractivity contribution in [2.24, 2.45) is 5.92 Å². The number of hydrogen-bond donors (Lipinski definition) is 1. The summed E-state index contributed by atoms with van der Waals surface area (Å²) in [4.78, 5) is 0. The minimum absolute atomic E-state index is 0.153. The fourth-order valence-electron chi connectivity index (χ4n) is 2.06. The van der Waals surface area contributed by atoms with E-state index in [1.54, 1.807) is 19.1 Å². The lowest BCUT2D eigenvalue weighted by molar-refractivity contribution is 0.364. The van der Waals surface area contributed by atoms with Crippen LogP contribution < -0.4 is 5.32 Å². The van der Waals surface area contributed by atoms with Crippen LogP contribution in [0.5, 0.6) is 0 Å². The van der Waals surface area contributed by atoms with Crippen molar-refractivity contribution in [1.82, 2.24) is 15.5 Å². The Morgan fingerprint density at radius 3 is 2.65 bits per heavy atom. The predicted molar refractivity (Wildman–Crippen MR) is 74.9 cm³/mol. The first kappa shape index (κ1) is 14.9. The molecule has 4 nitrogen and oxygen atoms in total. The Morgan fingerprint density at radius 2 is 2.10 bits per heavy atom. The maximum Gasteiger partial charge on any atom is 0.230 e. The zero-order chi connectivity index (χ0) is 14.7. The molecule has 0 fully saturated rings. The van der Waals surface area contributed by atoms with Crippen molar-refractivity contribution in [2.75, 3.05) is 0 Å². The molecule has 1 aromatic heterocycles. The third-order valence-corrected chi connectivity index (χ3v) is 3.24. The molecule has 20 heavy (non-hydrogen) atoms. The van der Waals surface area contributed by atoms with Crippen LogP contribution in [0.2, 0.25) is 5.02 Å². The van der Waals surface area contributed by atoms with Crippen LogP contribution >= 0.6 is 11.6 Å². The summed E-state index contributed by atoms with van der Waals surface area (Å²) in [7, 11) is 0. The van der Waals surface area contributed by atoms with Gasteiger partial charge in [0.05, 0.1) is 6.54 Å². The first-order valence-corrected chi connectivity index (χ1v) is 6.82. The fourth-order valence-corrected chi connectivity index (χ4v) is 2.22. The van der Waals surface area contributed by atoms with Crippen LogP contribution in [0.15, 0.2) is 22.6 Å². The number of benzene rings is 1. The van der Waals surface area contributed by atoms with E-state index in [9.17, 15) is 4.39 Å². The molecule has 0 spiro atoms. The van der Waals surface area contributed by atoms with Gasteiger partial charge in [0.2, 0.25) is 11.8 Å². The van der Waals surface area contributed by atoms with Gasteiger partial charge in [-0.3, -0.25) is 0 Å². The van der Waals surface area contributed by atoms with Crippen LogP contribution in [0, 0.1) is 18.7 Å². The van der Waals surface area contributed by atoms with Gasteiger partial charge < -0.3 is 9.73 Å². The normalized spacial score (nSPS) is 12.9. The number of halogens is 2. The third-order valence-electron chi connectivity index (χ3n) is 3.01. The topological polar surface area (TPSA) is 51.0 Å². The van der Waals surface area contributed by atoms with Crippen molar-refractivity contribution in [1.29, 1.82) is 0 Å². The van der Waals surface area contributed by atoms with Crippen LogP contribution in [0.1, 0.15) is 37.2 Å². The van der Waals surface area contributed by atoms with Gasteiger partial charge in [0.25, 0.3) is 0 Å². The highest BCUT2D eigenvalue weighted by molar-refractivity contribution is 6.30. The summed E-state index contributed by atoms with van der Waals surface area (Å²) in [6.45, 7) is 6.16. The molecule has 2 rings (SSSR count). The minimum atomic E-state index is -0.314. The van der Waals surface area contributed by atoms with Gasteiger partial charge >= 0.3 is 0 Å². The molecule has 0 aliphatic rings. The lowest BCUT2D eigenvalue weighted by Crippen LogP contribution is -2.26. The summed E-state index contributed by atoms with van der Waals surface area (Å²) >= 11 is 5.78. The molecule has 0 radical (unpaired) electrons. The number of hydrogen-bond acceptors (Lipinski definition) is 4. The second-order valence-corrected chi connectivity index (χ2v) is 5.42. The van der Waals surface area contributed by atoms with E-state index in [0.29, 0.717) is 28.9 Å². The Kier molecular flexibility index (Phi) is 4.73. The first-order valence-electron chi connectivity index (χ1n) is 6.44. The van der Waals surface area contributed by atoms with E-state index in [0.717, 1.165) is 0 Å². The second kappa shape index (κ2) is 6.33. The van der Waals surface area contributed by atoms with E-state index < -0.39 is 0 Å². The molecule has 6 heteroatoms. The molecule has 1 heterocycles. The van der Waals surface area contributed by atoms with Gasteiger partial charge in [-0.2, -0.15) is 0 Å². The number of nitrogens with zero attached hydrogens (tertiary/aromatic N) is 2. The Morgan fingerprint density at radius 1 is 1.35 bits per heavy atom. The smallest absolute Gasteiger partial charge is 0.230 e. The van der Waals surface area contributed by atoms with E-state index >= 15 is 0 Å². The zero-order valence-corrected chi connectivity index (χ0v) is 12.4. The Labute approximate surface area is 122 Å². The first-order chi connectivity index (χ1) is 9.47. The zero-order valence-electron chi connectivity index (χ0n) is 11.7. The molecule has 0 bridgehead atoms. The number of aryl methyl sites for hydroxylation is 1. The maximum absolute atomic E-state index is 14.0. The van der Waals surface area contributed by atoms with Crippen LogP contribution in [0.3, 0.4) is 0 Å². The number of aromatic nitrogens is 2. The van der Waals surface area contributed by atoms with Crippen LogP contribution in [-0.4, -0.2) is 10.2 Å². The highest BCUT2D eigenvalue weighted by atomic mass is 35.5. The molecule has 0 aliphatic heterocycles. The van der Waals surface area contributed by atoms with E-state index in [-0.39, 0.29) is 17.8 Å². The fraction of sp³-hybridized carbons (Fsp3) is 0.429. The van der Waals surface area contributed by atoms with Gasteiger partial charge in [0, 0.05) is 23.6 Å². The summed E-state index contributed by atoms with van der Waals surface area (Å²) in [5.74, 6) is 0.892. The van der Waals surface area contributed by atoms with Crippen LogP contribution in [0.25, 0.3) is 0 Å². The molecule has 0 saturated carbocycles. The van der Waals surface area contributed by atoms with Crippen molar-refractivity contribution < 1.29 is 8.81 Å². The SMILES string of the molecule is Cc1nnc(CNC(c2ccc(Cl)cc2F)C(C)C)o1. The Hall–Kier alpha value is -1.46. The molecule has 1 N–H and O–H groups in total. The van der Waals surface area contributed by atoms with Crippen molar-refractivity contribution in [3.8, 4) is 0 Å². The van der Waals surface area contributed by atoms with Gasteiger partial charge in [-0.05, 0) is 18.1 Å². The summed E-state index contributed by atoms with van der Waals surface area (Å²) < 4.78 is 19.3. The average molecular weight is 298 g/mol. The molecule has 0 amide bonds. The van der Waals surface area contributed by atoms with Crippen molar-refractivity contribution in [2.45, 2.75) is 33.4 Å². The highest BCUT2D eigenvalue weighted by Gasteiger charge is 2.20. The van der Waals surface area contributed by atoms with E-state index in [4.69, 9.17) is 16.0 Å². The summed E-state index contributed by atoms with van der Waals surface area (Å²) in [6.07, 6.45) is 0. The highest BCUT2D eigenvalue weighted by Crippen LogP contribution is 2.26. The summed E-state index contributed by atoms with van der Waals surface area (Å²) in [5, 5.41) is 11.3. The summed E-state index contributed by atoms with van der Waals surface area (Å²) in [6, 6.07) is 4.56. The largest absolute Gasteiger partial charge is 0.424 e. The molecule has 1 unspecified atom stereocenters. The lowest BCUT2D eigenvalue weighted by atomic mass is 9.95. The van der Waals surface area contributed by atoms with Gasteiger partial charge in [-0.25, -0.2) is 4.39 Å². The quantitative estimate of drug-likeness (QED) is 0.915. The minimum Gasteiger partial charge on any atom is -0.424 e. The third kappa shape index (κ3) is 3.55. The van der Waals surface area contributed by atoms with Gasteiger partial charge in [0.15, 0.2) is 0 Å². The molecule has 108 valence electrons. The van der Waals surface area contributed by atoms with Crippen molar-refractivity contribution in [3.05, 3.63) is 46.4 Å². The number of nitrogens with one attached hydrogen (secondary N) is 1.